The molecule has 0 unspecified atom stereocenters. The molecule has 0 saturated carbocycles. The number of rotatable bonds is 12. The molecular formula is C39H34Cl2N12O6. The Kier molecular flexibility index (Phi) is 12.3. The van der Waals surface area contributed by atoms with Crippen molar-refractivity contribution < 1.29 is 28.1 Å². The van der Waals surface area contributed by atoms with Gasteiger partial charge in [0, 0.05) is 33.4 Å². The molecule has 0 fully saturated rings. The maximum atomic E-state index is 11.4. The fourth-order valence-corrected chi connectivity index (χ4v) is 5.82. The van der Waals surface area contributed by atoms with Crippen molar-refractivity contribution in [2.75, 3.05) is 7.11 Å². The lowest BCUT2D eigenvalue weighted by Crippen LogP contribution is -2.14. The van der Waals surface area contributed by atoms with Crippen LogP contribution in [-0.2, 0) is 16.1 Å². The van der Waals surface area contributed by atoms with E-state index in [0.717, 1.165) is 21.5 Å². The number of benzene rings is 4. The summed E-state index contributed by atoms with van der Waals surface area (Å²) in [5.74, 6) is 3.12. The second kappa shape index (κ2) is 18.0. The number of esters is 1. The van der Waals surface area contributed by atoms with Crippen molar-refractivity contribution in [1.82, 2.24) is 61.1 Å². The van der Waals surface area contributed by atoms with E-state index in [1.165, 1.54) is 7.11 Å². The molecular weight excluding hydrogens is 803 g/mol. The van der Waals surface area contributed by atoms with E-state index in [1.807, 2.05) is 82.3 Å². The predicted molar refractivity (Wildman–Crippen MR) is 214 cm³/mol. The van der Waals surface area contributed by atoms with Crippen LogP contribution in [0.3, 0.4) is 0 Å². The summed E-state index contributed by atoms with van der Waals surface area (Å²) < 4.78 is 26.8. The van der Waals surface area contributed by atoms with Crippen molar-refractivity contribution in [2.24, 2.45) is 0 Å². The SMILES string of the molecule is CC(C)Oc1ccc(-c2noc(-c3cccc(-c4nn[nH]n4)c3)n2)cc1Cl.COC(=O)Cn1nnc(-c2cccc(-c3nc(-c4ccc(OC(C)C)c(Cl)c4)no3)c2)n1. The molecule has 0 atom stereocenters. The molecule has 20 heteroatoms. The molecule has 0 radical (unpaired) electrons. The average molecular weight is 838 g/mol. The number of carbonyl (C=O) groups excluding carboxylic acids is 1. The van der Waals surface area contributed by atoms with E-state index in [1.54, 1.807) is 30.3 Å². The first-order chi connectivity index (χ1) is 28.5. The Hall–Kier alpha value is -7.05. The number of halogens is 2. The summed E-state index contributed by atoms with van der Waals surface area (Å²) in [4.78, 5) is 21.5. The summed E-state index contributed by atoms with van der Waals surface area (Å²) in [7, 11) is 1.30. The number of tetrazole rings is 2. The lowest BCUT2D eigenvalue weighted by atomic mass is 10.1. The molecule has 4 aromatic carbocycles. The number of aromatic amines is 1. The summed E-state index contributed by atoms with van der Waals surface area (Å²) >= 11 is 12.6. The van der Waals surface area contributed by atoms with Crippen molar-refractivity contribution >= 4 is 29.2 Å². The zero-order chi connectivity index (χ0) is 41.5. The van der Waals surface area contributed by atoms with Crippen molar-refractivity contribution in [2.45, 2.75) is 46.4 Å². The minimum absolute atomic E-state index is 0.0129. The van der Waals surface area contributed by atoms with Gasteiger partial charge in [0.05, 0.1) is 29.4 Å². The van der Waals surface area contributed by atoms with Gasteiger partial charge in [-0.1, -0.05) is 57.8 Å². The Bertz CT molecular complexity index is 2680. The number of hydrogen-bond acceptors (Lipinski definition) is 16. The van der Waals surface area contributed by atoms with E-state index in [9.17, 15) is 4.79 Å². The van der Waals surface area contributed by atoms with Gasteiger partial charge in [0.25, 0.3) is 11.8 Å². The molecule has 0 spiro atoms. The Labute approximate surface area is 345 Å². The molecule has 59 heavy (non-hydrogen) atoms. The van der Waals surface area contributed by atoms with Crippen LogP contribution in [0.25, 0.3) is 68.5 Å². The van der Waals surface area contributed by atoms with Crippen LogP contribution < -0.4 is 9.47 Å². The topological polar surface area (TPSA) is 221 Å². The molecule has 4 heterocycles. The number of H-pyrrole nitrogens is 1. The van der Waals surface area contributed by atoms with Gasteiger partial charge in [-0.3, -0.25) is 0 Å². The van der Waals surface area contributed by atoms with Crippen LogP contribution in [0.1, 0.15) is 27.7 Å². The average Bonchev–Trinajstić information content (AvgIpc) is 4.08. The fourth-order valence-electron chi connectivity index (χ4n) is 5.37. The van der Waals surface area contributed by atoms with Gasteiger partial charge in [-0.05, 0) is 98.8 Å². The first kappa shape index (κ1) is 40.2. The van der Waals surface area contributed by atoms with Crippen LogP contribution in [0.4, 0.5) is 0 Å². The minimum Gasteiger partial charge on any atom is -0.489 e. The number of nitrogens with one attached hydrogen (secondary N) is 1. The molecule has 300 valence electrons. The van der Waals surface area contributed by atoms with Crippen LogP contribution in [0.2, 0.25) is 10.0 Å². The number of nitrogens with zero attached hydrogens (tertiary/aromatic N) is 11. The van der Waals surface area contributed by atoms with E-state index < -0.39 is 5.97 Å². The van der Waals surface area contributed by atoms with Crippen molar-refractivity contribution in [1.29, 1.82) is 0 Å². The standard InChI is InChI=1S/C21H19ClN6O4.C18H15ClN6O2/c1-12(2)31-17-8-7-14(10-16(17)22)19-23-21(32-26-19)15-6-4-5-13(9-15)20-24-27-28(25-20)11-18(29)30-3;1-10(2)26-15-7-6-12(9-14(15)19)16-20-18(27-23-16)13-5-3-4-11(8-13)17-21-24-25-22-17/h4-10,12H,11H2,1-3H3;3-10H,1-2H3,(H,21,22,24,25). The van der Waals surface area contributed by atoms with Gasteiger partial charge in [-0.2, -0.15) is 20.0 Å². The molecule has 8 aromatic rings. The summed E-state index contributed by atoms with van der Waals surface area (Å²) in [5, 5.41) is 35.0. The molecule has 0 bridgehead atoms. The molecule has 0 amide bonds. The number of ether oxygens (including phenoxy) is 3. The van der Waals surface area contributed by atoms with Crippen LogP contribution in [0, 0.1) is 0 Å². The number of carbonyl (C=O) groups is 1. The monoisotopic (exact) mass is 836 g/mol. The smallest absolute Gasteiger partial charge is 0.329 e. The second-order valence-corrected chi connectivity index (χ2v) is 13.9. The molecule has 0 saturated heterocycles. The van der Waals surface area contributed by atoms with Crippen molar-refractivity contribution in [3.05, 3.63) is 95.0 Å². The molecule has 0 aliphatic heterocycles. The Morgan fingerprint density at radius 2 is 1.19 bits per heavy atom. The van der Waals surface area contributed by atoms with E-state index in [0.29, 0.717) is 73.3 Å². The first-order valence-corrected chi connectivity index (χ1v) is 18.7. The highest BCUT2D eigenvalue weighted by molar-refractivity contribution is 6.32. The first-order valence-electron chi connectivity index (χ1n) is 17.9. The normalized spacial score (nSPS) is 11.1. The van der Waals surface area contributed by atoms with Gasteiger partial charge in [-0.25, -0.2) is 4.79 Å². The van der Waals surface area contributed by atoms with Crippen LogP contribution >= 0.6 is 23.2 Å². The maximum absolute atomic E-state index is 11.4. The lowest BCUT2D eigenvalue weighted by Gasteiger charge is -2.11. The van der Waals surface area contributed by atoms with Crippen LogP contribution in [0.5, 0.6) is 11.5 Å². The van der Waals surface area contributed by atoms with E-state index in [-0.39, 0.29) is 18.8 Å². The third kappa shape index (κ3) is 9.92. The number of aromatic nitrogens is 12. The molecule has 8 rings (SSSR count). The third-order valence-electron chi connectivity index (χ3n) is 7.99. The Balaban J connectivity index is 0.000000181. The third-order valence-corrected chi connectivity index (χ3v) is 8.58. The quantitative estimate of drug-likeness (QED) is 0.116. The summed E-state index contributed by atoms with van der Waals surface area (Å²) in [6.45, 7) is 7.62. The predicted octanol–water partition coefficient (Wildman–Crippen LogP) is 7.70. The Morgan fingerprint density at radius 1 is 0.678 bits per heavy atom. The van der Waals surface area contributed by atoms with Gasteiger partial charge >= 0.3 is 5.97 Å². The van der Waals surface area contributed by atoms with Crippen LogP contribution in [0.15, 0.2) is 94.0 Å². The van der Waals surface area contributed by atoms with Gasteiger partial charge in [0.2, 0.25) is 23.3 Å². The zero-order valence-electron chi connectivity index (χ0n) is 32.1. The van der Waals surface area contributed by atoms with E-state index in [2.05, 4.69) is 61.1 Å². The van der Waals surface area contributed by atoms with E-state index in [4.69, 9.17) is 41.7 Å². The maximum Gasteiger partial charge on any atom is 0.329 e. The highest BCUT2D eigenvalue weighted by atomic mass is 35.5. The fraction of sp³-hybridized carbons (Fsp3) is 0.205. The highest BCUT2D eigenvalue weighted by Crippen LogP contribution is 2.33. The molecule has 4 aromatic heterocycles. The van der Waals surface area contributed by atoms with Gasteiger partial charge < -0.3 is 23.3 Å². The zero-order valence-corrected chi connectivity index (χ0v) is 33.6. The second-order valence-electron chi connectivity index (χ2n) is 13.1. The molecule has 0 aliphatic carbocycles. The van der Waals surface area contributed by atoms with Crippen molar-refractivity contribution in [3.8, 4) is 80.0 Å². The van der Waals surface area contributed by atoms with Crippen molar-refractivity contribution in [3.63, 3.8) is 0 Å². The highest BCUT2D eigenvalue weighted by Gasteiger charge is 2.17. The van der Waals surface area contributed by atoms with Crippen LogP contribution in [-0.4, -0.2) is 86.4 Å². The number of methoxy groups -OCH3 is 1. The van der Waals surface area contributed by atoms with Gasteiger partial charge in [-0.15, -0.1) is 20.4 Å². The molecule has 18 nitrogen and oxygen atoms in total. The Morgan fingerprint density at radius 3 is 1.66 bits per heavy atom. The largest absolute Gasteiger partial charge is 0.489 e. The molecule has 1 N–H and O–H groups in total. The van der Waals surface area contributed by atoms with Gasteiger partial charge in [0.1, 0.15) is 11.5 Å². The minimum atomic E-state index is -0.468. The number of hydrogen-bond donors (Lipinski definition) is 1. The summed E-state index contributed by atoms with van der Waals surface area (Å²) in [5.41, 5.74) is 4.33. The summed E-state index contributed by atoms with van der Waals surface area (Å²) in [6.07, 6.45) is 0.0515. The summed E-state index contributed by atoms with van der Waals surface area (Å²) in [6, 6.07) is 25.4. The molecule has 0 aliphatic rings. The van der Waals surface area contributed by atoms with E-state index >= 15 is 0 Å². The van der Waals surface area contributed by atoms with Gasteiger partial charge in [0.15, 0.2) is 6.54 Å². The lowest BCUT2D eigenvalue weighted by molar-refractivity contribution is -0.141.